The Hall–Kier alpha value is 0.960. The Bertz CT molecular complexity index is 27.7. The molecule has 0 atom stereocenters. The van der Waals surface area contributed by atoms with Crippen LogP contribution in [-0.4, -0.2) is 6.54 Å². The molecular weight excluding hydrogens is 109 g/mol. The predicted octanol–water partition coefficient (Wildman–Crippen LogP) is -1.66. The molecule has 0 rings (SSSR count). The van der Waals surface area contributed by atoms with E-state index in [0.29, 0.717) is 0 Å². The van der Waals surface area contributed by atoms with Gasteiger partial charge in [0.05, 0.1) is 0 Å². The van der Waals surface area contributed by atoms with Crippen LogP contribution >= 0.6 is 0 Å². The van der Waals surface area contributed by atoms with E-state index in [1.165, 1.54) is 12.8 Å². The summed E-state index contributed by atoms with van der Waals surface area (Å²) in [5.74, 6) is 0. The van der Waals surface area contributed by atoms with Crippen LogP contribution in [0.3, 0.4) is 0 Å². The maximum absolute atomic E-state index is 5.25. The van der Waals surface area contributed by atoms with Crippen molar-refractivity contribution in [1.82, 2.24) is 0 Å². The number of unbranched alkanes of at least 4 members (excludes halogenated alkanes) is 3. The zero-order valence-corrected chi connectivity index (χ0v) is 7.82. The van der Waals surface area contributed by atoms with Gasteiger partial charge in [0, 0.05) is 0 Å². The second kappa shape index (κ2) is 10.9. The van der Waals surface area contributed by atoms with E-state index in [0.717, 1.165) is 19.4 Å². The van der Waals surface area contributed by atoms with Gasteiger partial charge in [0.2, 0.25) is 0 Å². The second-order valence-corrected chi connectivity index (χ2v) is 1.70. The smallest absolute Gasteiger partial charge is 0.343 e. The molecule has 0 spiro atoms. The van der Waals surface area contributed by atoms with Crippen molar-refractivity contribution in [2.24, 2.45) is 5.73 Å². The van der Waals surface area contributed by atoms with Gasteiger partial charge in [0.25, 0.3) is 0 Å². The molecule has 1 nitrogen and oxygen atoms in total. The molecule has 0 aromatic heterocycles. The van der Waals surface area contributed by atoms with Gasteiger partial charge >= 0.3 is 29.6 Å². The van der Waals surface area contributed by atoms with Crippen LogP contribution in [0.5, 0.6) is 0 Å². The number of rotatable bonds is 4. The molecule has 0 heterocycles. The zero-order valence-electron chi connectivity index (χ0n) is 5.82. The summed E-state index contributed by atoms with van der Waals surface area (Å²) >= 11 is 0. The molecule has 0 bridgehead atoms. The summed E-state index contributed by atoms with van der Waals surface area (Å²) in [5.41, 5.74) is 5.25. The van der Waals surface area contributed by atoms with Crippen molar-refractivity contribution in [2.75, 3.05) is 6.54 Å². The Labute approximate surface area is 74.3 Å². The van der Waals surface area contributed by atoms with Gasteiger partial charge in [-0.05, 0) is 13.0 Å². The molecule has 0 fully saturated rings. The summed E-state index contributed by atoms with van der Waals surface area (Å²) in [6.07, 6.45) is 4.70. The van der Waals surface area contributed by atoms with Gasteiger partial charge in [-0.2, -0.15) is 6.42 Å². The van der Waals surface area contributed by atoms with Crippen LogP contribution in [0.1, 0.15) is 25.7 Å². The van der Waals surface area contributed by atoms with E-state index in [1.807, 2.05) is 0 Å². The summed E-state index contributed by atoms with van der Waals surface area (Å²) in [4.78, 5) is 0. The summed E-state index contributed by atoms with van der Waals surface area (Å²) in [5, 5.41) is 0. The molecular formula is C6H14NNa. The fourth-order valence-electron chi connectivity index (χ4n) is 0.498. The fraction of sp³-hybridized carbons (Fsp3) is 0.833. The second-order valence-electron chi connectivity index (χ2n) is 1.70. The maximum Gasteiger partial charge on any atom is 1.00 e. The molecule has 0 amide bonds. The molecule has 0 aromatic rings. The van der Waals surface area contributed by atoms with Crippen molar-refractivity contribution >= 4 is 0 Å². The molecule has 0 aromatic carbocycles. The van der Waals surface area contributed by atoms with Gasteiger partial charge in [-0.25, -0.2) is 0 Å². The molecule has 0 aliphatic rings. The summed E-state index contributed by atoms with van der Waals surface area (Å²) in [6, 6.07) is 0. The molecule has 8 heavy (non-hydrogen) atoms. The van der Waals surface area contributed by atoms with E-state index in [9.17, 15) is 0 Å². The van der Waals surface area contributed by atoms with Crippen LogP contribution in [0.25, 0.3) is 0 Å². The standard InChI is InChI=1S/C6H14N.Na/c1-2-3-4-5-6-7;/h1-7H2;/q-1;+1. The summed E-state index contributed by atoms with van der Waals surface area (Å²) < 4.78 is 0. The molecule has 0 radical (unpaired) electrons. The van der Waals surface area contributed by atoms with Crippen LogP contribution in [0.15, 0.2) is 0 Å². The molecule has 0 aliphatic heterocycles. The van der Waals surface area contributed by atoms with Crippen molar-refractivity contribution in [3.63, 3.8) is 0 Å². The maximum atomic E-state index is 5.25. The molecule has 0 saturated heterocycles. The van der Waals surface area contributed by atoms with Gasteiger partial charge < -0.3 is 12.7 Å². The number of nitrogens with two attached hydrogens (primary N) is 1. The van der Waals surface area contributed by atoms with Crippen LogP contribution < -0.4 is 35.3 Å². The van der Waals surface area contributed by atoms with Crippen molar-refractivity contribution in [1.29, 1.82) is 0 Å². The van der Waals surface area contributed by atoms with Crippen LogP contribution in [0.4, 0.5) is 0 Å². The predicted molar refractivity (Wildman–Crippen MR) is 32.9 cm³/mol. The van der Waals surface area contributed by atoms with Crippen LogP contribution in [0.2, 0.25) is 0 Å². The van der Waals surface area contributed by atoms with Crippen LogP contribution in [-0.2, 0) is 0 Å². The van der Waals surface area contributed by atoms with Gasteiger partial charge in [0.1, 0.15) is 0 Å². The first-order chi connectivity index (χ1) is 3.41. The van der Waals surface area contributed by atoms with E-state index in [-0.39, 0.29) is 29.6 Å². The fourth-order valence-corrected chi connectivity index (χ4v) is 0.498. The number of hydrogen-bond donors (Lipinski definition) is 1. The van der Waals surface area contributed by atoms with E-state index >= 15 is 0 Å². The normalized spacial score (nSPS) is 8.25. The zero-order chi connectivity index (χ0) is 5.54. The minimum Gasteiger partial charge on any atom is -0.343 e. The van der Waals surface area contributed by atoms with Crippen molar-refractivity contribution in [3.05, 3.63) is 6.92 Å². The molecule has 0 aliphatic carbocycles. The minimum atomic E-state index is 0. The van der Waals surface area contributed by atoms with Crippen molar-refractivity contribution < 1.29 is 29.6 Å². The topological polar surface area (TPSA) is 26.0 Å². The Morgan fingerprint density at radius 2 is 1.75 bits per heavy atom. The Balaban J connectivity index is 0. The third-order valence-electron chi connectivity index (χ3n) is 0.954. The largest absolute Gasteiger partial charge is 1.00 e. The van der Waals surface area contributed by atoms with Crippen molar-refractivity contribution in [2.45, 2.75) is 25.7 Å². The molecule has 0 saturated carbocycles. The summed E-state index contributed by atoms with van der Waals surface area (Å²) in [7, 11) is 0. The third-order valence-corrected chi connectivity index (χ3v) is 0.954. The molecule has 2 N–H and O–H groups in total. The van der Waals surface area contributed by atoms with E-state index < -0.39 is 0 Å². The van der Waals surface area contributed by atoms with Gasteiger partial charge in [-0.15, -0.1) is 0 Å². The quantitative estimate of drug-likeness (QED) is 0.270. The van der Waals surface area contributed by atoms with Crippen molar-refractivity contribution in [3.8, 4) is 0 Å². The van der Waals surface area contributed by atoms with Gasteiger partial charge in [0.15, 0.2) is 0 Å². The molecule has 0 unspecified atom stereocenters. The monoisotopic (exact) mass is 123 g/mol. The van der Waals surface area contributed by atoms with E-state index in [1.54, 1.807) is 0 Å². The van der Waals surface area contributed by atoms with Gasteiger partial charge in [-0.1, -0.05) is 12.8 Å². The average Bonchev–Trinajstić information content (AvgIpc) is 1.69. The first-order valence-electron chi connectivity index (χ1n) is 2.91. The van der Waals surface area contributed by atoms with Gasteiger partial charge in [-0.3, -0.25) is 0 Å². The van der Waals surface area contributed by atoms with Crippen LogP contribution in [0, 0.1) is 6.92 Å². The average molecular weight is 123 g/mol. The SMILES string of the molecule is [CH2-]CCCCCN.[Na+]. The van der Waals surface area contributed by atoms with E-state index in [4.69, 9.17) is 5.73 Å². The molecule has 44 valence electrons. The Morgan fingerprint density at radius 3 is 2.12 bits per heavy atom. The first kappa shape index (κ1) is 11.7. The minimum absolute atomic E-state index is 0. The molecule has 2 heteroatoms. The third kappa shape index (κ3) is 10.0. The Morgan fingerprint density at radius 1 is 1.12 bits per heavy atom. The Kier molecular flexibility index (Phi) is 15.9. The summed E-state index contributed by atoms with van der Waals surface area (Å²) in [6.45, 7) is 4.55. The van der Waals surface area contributed by atoms with E-state index in [2.05, 4.69) is 6.92 Å². The number of hydrogen-bond acceptors (Lipinski definition) is 1. The first-order valence-corrected chi connectivity index (χ1v) is 2.91.